The molecule has 20 heavy (non-hydrogen) atoms. The van der Waals surface area contributed by atoms with E-state index in [0.29, 0.717) is 13.0 Å². The van der Waals surface area contributed by atoms with E-state index in [9.17, 15) is 9.90 Å². The number of benzene rings is 1. The Bertz CT molecular complexity index is 520. The van der Waals surface area contributed by atoms with Crippen molar-refractivity contribution in [2.45, 2.75) is 26.3 Å². The van der Waals surface area contributed by atoms with Gasteiger partial charge >= 0.3 is 5.97 Å². The molecule has 0 aliphatic carbocycles. The first-order valence-corrected chi connectivity index (χ1v) is 7.47. The second kappa shape index (κ2) is 5.74. The summed E-state index contributed by atoms with van der Waals surface area (Å²) in [4.78, 5) is 13.5. The SMILES string of the molecule is COc1ccc(C(C)N2CCC(C)(C(=O)O)C2)c(Br)c1. The maximum atomic E-state index is 11.3. The molecule has 110 valence electrons. The summed E-state index contributed by atoms with van der Waals surface area (Å²) in [5, 5.41) is 9.31. The van der Waals surface area contributed by atoms with Crippen molar-refractivity contribution in [3.05, 3.63) is 28.2 Å². The van der Waals surface area contributed by atoms with Crippen LogP contribution >= 0.6 is 15.9 Å². The van der Waals surface area contributed by atoms with Crippen molar-refractivity contribution in [1.29, 1.82) is 0 Å². The summed E-state index contributed by atoms with van der Waals surface area (Å²) >= 11 is 3.57. The van der Waals surface area contributed by atoms with Gasteiger partial charge in [0.05, 0.1) is 12.5 Å². The van der Waals surface area contributed by atoms with Crippen LogP contribution in [0, 0.1) is 5.41 Å². The van der Waals surface area contributed by atoms with Crippen molar-refractivity contribution in [3.8, 4) is 5.75 Å². The molecule has 1 heterocycles. The molecular formula is C15H20BrNO3. The fraction of sp³-hybridized carbons (Fsp3) is 0.533. The summed E-state index contributed by atoms with van der Waals surface area (Å²) in [7, 11) is 1.64. The van der Waals surface area contributed by atoms with E-state index < -0.39 is 11.4 Å². The van der Waals surface area contributed by atoms with Crippen LogP contribution < -0.4 is 4.74 Å². The molecule has 0 aromatic heterocycles. The van der Waals surface area contributed by atoms with Gasteiger partial charge in [0.15, 0.2) is 0 Å². The molecule has 0 saturated carbocycles. The number of hydrogen-bond donors (Lipinski definition) is 1. The molecule has 2 rings (SSSR count). The summed E-state index contributed by atoms with van der Waals surface area (Å²) in [5.74, 6) is 0.102. The van der Waals surface area contributed by atoms with E-state index >= 15 is 0 Å². The number of halogens is 1. The van der Waals surface area contributed by atoms with E-state index in [1.807, 2.05) is 25.1 Å². The lowest BCUT2D eigenvalue weighted by Crippen LogP contribution is -2.33. The summed E-state index contributed by atoms with van der Waals surface area (Å²) < 4.78 is 6.19. The Morgan fingerprint density at radius 2 is 2.25 bits per heavy atom. The highest BCUT2D eigenvalue weighted by Crippen LogP contribution is 2.37. The number of ether oxygens (including phenoxy) is 1. The van der Waals surface area contributed by atoms with Gasteiger partial charge in [0, 0.05) is 17.1 Å². The Kier molecular flexibility index (Phi) is 4.39. The smallest absolute Gasteiger partial charge is 0.310 e. The molecule has 1 aliphatic rings. The third-order valence-electron chi connectivity index (χ3n) is 4.22. The van der Waals surface area contributed by atoms with Crippen LogP contribution in [-0.4, -0.2) is 36.2 Å². The monoisotopic (exact) mass is 341 g/mol. The molecule has 4 nitrogen and oxygen atoms in total. The standard InChI is InChI=1S/C15H20BrNO3/c1-10(12-5-4-11(20-3)8-13(12)16)17-7-6-15(2,9-17)14(18)19/h4-5,8,10H,6-7,9H2,1-3H3,(H,18,19). The number of likely N-dealkylation sites (tertiary alicyclic amines) is 1. The van der Waals surface area contributed by atoms with Gasteiger partial charge in [-0.15, -0.1) is 0 Å². The molecule has 1 N–H and O–H groups in total. The number of carboxylic acids is 1. The molecule has 1 aliphatic heterocycles. The molecule has 0 radical (unpaired) electrons. The third-order valence-corrected chi connectivity index (χ3v) is 4.91. The zero-order chi connectivity index (χ0) is 14.9. The lowest BCUT2D eigenvalue weighted by molar-refractivity contribution is -0.147. The van der Waals surface area contributed by atoms with Gasteiger partial charge in [-0.25, -0.2) is 0 Å². The van der Waals surface area contributed by atoms with E-state index in [2.05, 4.69) is 27.8 Å². The van der Waals surface area contributed by atoms with Gasteiger partial charge in [-0.3, -0.25) is 9.69 Å². The largest absolute Gasteiger partial charge is 0.497 e. The molecule has 0 spiro atoms. The summed E-state index contributed by atoms with van der Waals surface area (Å²) in [6.07, 6.45) is 0.695. The number of methoxy groups -OCH3 is 1. The number of hydrogen-bond acceptors (Lipinski definition) is 3. The van der Waals surface area contributed by atoms with Crippen molar-refractivity contribution in [2.24, 2.45) is 5.41 Å². The summed E-state index contributed by atoms with van der Waals surface area (Å²) in [6, 6.07) is 6.09. The molecular weight excluding hydrogens is 322 g/mol. The van der Waals surface area contributed by atoms with Gasteiger partial charge in [-0.1, -0.05) is 22.0 Å². The number of aliphatic carboxylic acids is 1. The first kappa shape index (κ1) is 15.3. The normalized spacial score (nSPS) is 24.6. The number of carboxylic acid groups (broad SMARTS) is 1. The van der Waals surface area contributed by atoms with Crippen molar-refractivity contribution >= 4 is 21.9 Å². The minimum atomic E-state index is -0.707. The average molecular weight is 342 g/mol. The molecule has 2 unspecified atom stereocenters. The maximum Gasteiger partial charge on any atom is 0.310 e. The van der Waals surface area contributed by atoms with Gasteiger partial charge in [-0.2, -0.15) is 0 Å². The van der Waals surface area contributed by atoms with E-state index in [-0.39, 0.29) is 6.04 Å². The predicted octanol–water partition coefficient (Wildman–Crippen LogP) is 3.32. The third kappa shape index (κ3) is 2.83. The highest BCUT2D eigenvalue weighted by atomic mass is 79.9. The van der Waals surface area contributed by atoms with Crippen LogP contribution in [0.5, 0.6) is 5.75 Å². The van der Waals surface area contributed by atoms with Crippen LogP contribution in [0.3, 0.4) is 0 Å². The van der Waals surface area contributed by atoms with Gasteiger partial charge in [-0.05, 0) is 44.5 Å². The van der Waals surface area contributed by atoms with Crippen molar-refractivity contribution in [3.63, 3.8) is 0 Å². The van der Waals surface area contributed by atoms with Gasteiger partial charge in [0.2, 0.25) is 0 Å². The van der Waals surface area contributed by atoms with E-state index in [1.54, 1.807) is 7.11 Å². The van der Waals surface area contributed by atoms with Gasteiger partial charge in [0.25, 0.3) is 0 Å². The lowest BCUT2D eigenvalue weighted by atomic mass is 9.90. The lowest BCUT2D eigenvalue weighted by Gasteiger charge is -2.27. The maximum absolute atomic E-state index is 11.3. The summed E-state index contributed by atoms with van der Waals surface area (Å²) in [5.41, 5.74) is 0.521. The molecule has 0 bridgehead atoms. The van der Waals surface area contributed by atoms with Crippen LogP contribution in [0.2, 0.25) is 0 Å². The average Bonchev–Trinajstić information content (AvgIpc) is 2.82. The van der Waals surface area contributed by atoms with Crippen LogP contribution in [0.1, 0.15) is 31.9 Å². The minimum Gasteiger partial charge on any atom is -0.497 e. The molecule has 0 amide bonds. The van der Waals surface area contributed by atoms with Crippen LogP contribution in [0.4, 0.5) is 0 Å². The van der Waals surface area contributed by atoms with Gasteiger partial charge < -0.3 is 9.84 Å². The number of rotatable bonds is 4. The van der Waals surface area contributed by atoms with E-state index in [4.69, 9.17) is 4.74 Å². The second-order valence-electron chi connectivity index (χ2n) is 5.65. The van der Waals surface area contributed by atoms with Crippen LogP contribution in [0.15, 0.2) is 22.7 Å². The Balaban J connectivity index is 2.17. The van der Waals surface area contributed by atoms with Crippen LogP contribution in [0.25, 0.3) is 0 Å². The Morgan fingerprint density at radius 1 is 1.55 bits per heavy atom. The Labute approximate surface area is 127 Å². The zero-order valence-electron chi connectivity index (χ0n) is 12.0. The van der Waals surface area contributed by atoms with Crippen molar-refractivity contribution in [2.75, 3.05) is 20.2 Å². The molecule has 2 atom stereocenters. The van der Waals surface area contributed by atoms with E-state index in [1.165, 1.54) is 0 Å². The van der Waals surface area contributed by atoms with E-state index in [0.717, 1.165) is 22.3 Å². The minimum absolute atomic E-state index is 0.177. The molecule has 5 heteroatoms. The Morgan fingerprint density at radius 3 is 2.75 bits per heavy atom. The second-order valence-corrected chi connectivity index (χ2v) is 6.50. The predicted molar refractivity (Wildman–Crippen MR) is 81.0 cm³/mol. The number of nitrogens with zero attached hydrogens (tertiary/aromatic N) is 1. The molecule has 1 saturated heterocycles. The molecule has 1 aromatic carbocycles. The first-order valence-electron chi connectivity index (χ1n) is 6.68. The topological polar surface area (TPSA) is 49.8 Å². The molecule has 1 aromatic rings. The Hall–Kier alpha value is -1.07. The van der Waals surface area contributed by atoms with Crippen molar-refractivity contribution in [1.82, 2.24) is 4.90 Å². The highest BCUT2D eigenvalue weighted by molar-refractivity contribution is 9.10. The highest BCUT2D eigenvalue weighted by Gasteiger charge is 2.42. The summed E-state index contributed by atoms with van der Waals surface area (Å²) in [6.45, 7) is 5.33. The fourth-order valence-electron chi connectivity index (χ4n) is 2.67. The zero-order valence-corrected chi connectivity index (χ0v) is 13.6. The fourth-order valence-corrected chi connectivity index (χ4v) is 3.36. The quantitative estimate of drug-likeness (QED) is 0.912. The van der Waals surface area contributed by atoms with Crippen LogP contribution in [-0.2, 0) is 4.79 Å². The van der Waals surface area contributed by atoms with Gasteiger partial charge in [0.1, 0.15) is 5.75 Å². The molecule has 1 fully saturated rings. The first-order chi connectivity index (χ1) is 9.37. The van der Waals surface area contributed by atoms with Crippen molar-refractivity contribution < 1.29 is 14.6 Å². The number of carbonyl (C=O) groups is 1.